The number of aryl methyl sites for hydroxylation is 1. The van der Waals surface area contributed by atoms with Gasteiger partial charge >= 0.3 is 5.97 Å². The van der Waals surface area contributed by atoms with Crippen molar-refractivity contribution in [1.29, 1.82) is 0 Å². The Morgan fingerprint density at radius 2 is 2.18 bits per heavy atom. The molecule has 0 bridgehead atoms. The smallest absolute Gasteiger partial charge is 0.310 e. The first-order chi connectivity index (χ1) is 7.94. The molecule has 0 fully saturated rings. The van der Waals surface area contributed by atoms with Crippen molar-refractivity contribution in [2.24, 2.45) is 0 Å². The van der Waals surface area contributed by atoms with E-state index in [1.165, 1.54) is 10.5 Å². The molecular weight excluding hydrogens is 232 g/mol. The first-order valence-corrected chi connectivity index (χ1v) is 6.89. The molecule has 1 aliphatic rings. The summed E-state index contributed by atoms with van der Waals surface area (Å²) in [5, 5.41) is 0. The van der Waals surface area contributed by atoms with Gasteiger partial charge in [-0.25, -0.2) is 0 Å². The van der Waals surface area contributed by atoms with Crippen LogP contribution in [0.2, 0.25) is 0 Å². The Morgan fingerprint density at radius 3 is 2.88 bits per heavy atom. The fraction of sp³-hybridized carbons (Fsp3) is 0.500. The molecule has 1 aromatic carbocycles. The predicted octanol–water partition coefficient (Wildman–Crippen LogP) is 3.22. The summed E-state index contributed by atoms with van der Waals surface area (Å²) < 4.78 is 5.32. The molecule has 3 heteroatoms. The number of carbonyl (C=O) groups is 1. The number of hydrogen-bond acceptors (Lipinski definition) is 3. The van der Waals surface area contributed by atoms with Gasteiger partial charge in [0.25, 0.3) is 0 Å². The summed E-state index contributed by atoms with van der Waals surface area (Å²) in [7, 11) is 0. The van der Waals surface area contributed by atoms with Crippen LogP contribution in [0.4, 0.5) is 0 Å². The standard InChI is InChI=1S/C14H18O2S/c1-14(2,3)16-13(15)9-10-4-5-11-6-7-17-12(11)8-10/h4-5,8H,6-7,9H2,1-3H3. The average molecular weight is 250 g/mol. The van der Waals surface area contributed by atoms with Crippen molar-refractivity contribution < 1.29 is 9.53 Å². The average Bonchev–Trinajstić information content (AvgIpc) is 2.61. The molecule has 1 aromatic rings. The maximum atomic E-state index is 11.7. The van der Waals surface area contributed by atoms with Gasteiger partial charge in [-0.05, 0) is 44.4 Å². The maximum absolute atomic E-state index is 11.7. The largest absolute Gasteiger partial charge is 0.460 e. The van der Waals surface area contributed by atoms with E-state index in [1.54, 1.807) is 0 Å². The summed E-state index contributed by atoms with van der Waals surface area (Å²) in [6.07, 6.45) is 1.51. The van der Waals surface area contributed by atoms with Crippen LogP contribution in [-0.4, -0.2) is 17.3 Å². The molecule has 0 amide bonds. The van der Waals surface area contributed by atoms with Crippen molar-refractivity contribution >= 4 is 17.7 Å². The first-order valence-electron chi connectivity index (χ1n) is 5.90. The van der Waals surface area contributed by atoms with Gasteiger partial charge in [0, 0.05) is 10.6 Å². The second-order valence-corrected chi connectivity index (χ2v) is 6.44. The van der Waals surface area contributed by atoms with E-state index < -0.39 is 5.60 Å². The van der Waals surface area contributed by atoms with Crippen LogP contribution < -0.4 is 0 Å². The zero-order valence-electron chi connectivity index (χ0n) is 10.6. The highest BCUT2D eigenvalue weighted by Gasteiger charge is 2.17. The van der Waals surface area contributed by atoms with Crippen LogP contribution >= 0.6 is 11.8 Å². The fourth-order valence-electron chi connectivity index (χ4n) is 1.87. The first kappa shape index (κ1) is 12.5. The number of esters is 1. The monoisotopic (exact) mass is 250 g/mol. The summed E-state index contributed by atoms with van der Waals surface area (Å²) >= 11 is 1.87. The van der Waals surface area contributed by atoms with Gasteiger partial charge in [-0.15, -0.1) is 11.8 Å². The Morgan fingerprint density at radius 1 is 1.41 bits per heavy atom. The number of benzene rings is 1. The van der Waals surface area contributed by atoms with Crippen LogP contribution in [0.3, 0.4) is 0 Å². The number of hydrogen-bond donors (Lipinski definition) is 0. The van der Waals surface area contributed by atoms with E-state index in [-0.39, 0.29) is 5.97 Å². The Hall–Kier alpha value is -0.960. The van der Waals surface area contributed by atoms with Gasteiger partial charge in [-0.1, -0.05) is 12.1 Å². The van der Waals surface area contributed by atoms with E-state index in [0.717, 1.165) is 17.7 Å². The van der Waals surface area contributed by atoms with Gasteiger partial charge in [-0.3, -0.25) is 4.79 Å². The number of carbonyl (C=O) groups excluding carboxylic acids is 1. The van der Waals surface area contributed by atoms with Gasteiger partial charge in [-0.2, -0.15) is 0 Å². The third-order valence-corrected chi connectivity index (χ3v) is 3.63. The van der Waals surface area contributed by atoms with E-state index in [0.29, 0.717) is 6.42 Å². The summed E-state index contributed by atoms with van der Waals surface area (Å²) in [6.45, 7) is 5.68. The van der Waals surface area contributed by atoms with Crippen LogP contribution in [0.1, 0.15) is 31.9 Å². The van der Waals surface area contributed by atoms with Gasteiger partial charge in [0.05, 0.1) is 6.42 Å². The summed E-state index contributed by atoms with van der Waals surface area (Å²) in [6, 6.07) is 6.29. The predicted molar refractivity (Wildman–Crippen MR) is 70.4 cm³/mol. The molecule has 0 aromatic heterocycles. The lowest BCUT2D eigenvalue weighted by Gasteiger charge is -2.19. The van der Waals surface area contributed by atoms with Gasteiger partial charge in [0.2, 0.25) is 0 Å². The Kier molecular flexibility index (Phi) is 3.48. The van der Waals surface area contributed by atoms with E-state index in [9.17, 15) is 4.79 Å². The van der Waals surface area contributed by atoms with Crippen molar-refractivity contribution in [1.82, 2.24) is 0 Å². The maximum Gasteiger partial charge on any atom is 0.310 e. The lowest BCUT2D eigenvalue weighted by Crippen LogP contribution is -2.24. The highest BCUT2D eigenvalue weighted by atomic mass is 32.2. The van der Waals surface area contributed by atoms with Crippen molar-refractivity contribution in [3.8, 4) is 0 Å². The van der Waals surface area contributed by atoms with Crippen LogP contribution in [0.25, 0.3) is 0 Å². The highest BCUT2D eigenvalue weighted by molar-refractivity contribution is 7.99. The Bertz CT molecular complexity index is 432. The van der Waals surface area contributed by atoms with Gasteiger partial charge in [0.15, 0.2) is 0 Å². The van der Waals surface area contributed by atoms with E-state index >= 15 is 0 Å². The molecule has 0 saturated heterocycles. The molecule has 17 heavy (non-hydrogen) atoms. The lowest BCUT2D eigenvalue weighted by molar-refractivity contribution is -0.153. The van der Waals surface area contributed by atoms with E-state index in [1.807, 2.05) is 38.6 Å². The third-order valence-electron chi connectivity index (χ3n) is 2.53. The zero-order chi connectivity index (χ0) is 12.5. The summed E-state index contributed by atoms with van der Waals surface area (Å²) in [4.78, 5) is 13.0. The Balaban J connectivity index is 2.02. The van der Waals surface area contributed by atoms with Crippen LogP contribution in [0, 0.1) is 0 Å². The molecule has 0 unspecified atom stereocenters. The SMILES string of the molecule is CC(C)(C)OC(=O)Cc1ccc2c(c1)SCC2. The van der Waals surface area contributed by atoms with Crippen LogP contribution in [-0.2, 0) is 22.4 Å². The molecule has 0 aliphatic carbocycles. The highest BCUT2D eigenvalue weighted by Crippen LogP contribution is 2.31. The topological polar surface area (TPSA) is 26.3 Å². The number of rotatable bonds is 2. The molecule has 0 saturated carbocycles. The quantitative estimate of drug-likeness (QED) is 0.754. The Labute approximate surface area is 107 Å². The summed E-state index contributed by atoms with van der Waals surface area (Å²) in [5.41, 5.74) is 2.05. The molecule has 0 spiro atoms. The third kappa shape index (κ3) is 3.50. The van der Waals surface area contributed by atoms with E-state index in [4.69, 9.17) is 4.74 Å². The van der Waals surface area contributed by atoms with E-state index in [2.05, 4.69) is 12.1 Å². The van der Waals surface area contributed by atoms with Crippen molar-refractivity contribution in [2.45, 2.75) is 44.1 Å². The number of ether oxygens (including phenoxy) is 1. The molecule has 1 aliphatic heterocycles. The molecule has 0 radical (unpaired) electrons. The van der Waals surface area contributed by atoms with Crippen molar-refractivity contribution in [3.63, 3.8) is 0 Å². The molecular formula is C14H18O2S. The molecule has 0 N–H and O–H groups in total. The van der Waals surface area contributed by atoms with Gasteiger partial charge < -0.3 is 4.74 Å². The minimum absolute atomic E-state index is 0.152. The second kappa shape index (κ2) is 4.73. The molecule has 1 heterocycles. The lowest BCUT2D eigenvalue weighted by atomic mass is 10.1. The minimum Gasteiger partial charge on any atom is -0.460 e. The van der Waals surface area contributed by atoms with Crippen LogP contribution in [0.5, 0.6) is 0 Å². The van der Waals surface area contributed by atoms with Gasteiger partial charge in [0.1, 0.15) is 5.60 Å². The number of fused-ring (bicyclic) bond motifs is 1. The van der Waals surface area contributed by atoms with Crippen LogP contribution in [0.15, 0.2) is 23.1 Å². The summed E-state index contributed by atoms with van der Waals surface area (Å²) in [5.74, 6) is 1.01. The van der Waals surface area contributed by atoms with Crippen molar-refractivity contribution in [2.75, 3.05) is 5.75 Å². The minimum atomic E-state index is -0.400. The number of thioether (sulfide) groups is 1. The zero-order valence-corrected chi connectivity index (χ0v) is 11.4. The molecule has 0 atom stereocenters. The normalized spacial score (nSPS) is 14.5. The fourth-order valence-corrected chi connectivity index (χ4v) is 3.00. The second-order valence-electron chi connectivity index (χ2n) is 5.30. The molecule has 2 rings (SSSR count). The van der Waals surface area contributed by atoms with Crippen molar-refractivity contribution in [3.05, 3.63) is 29.3 Å². The molecule has 2 nitrogen and oxygen atoms in total. The molecule has 92 valence electrons.